The van der Waals surface area contributed by atoms with Crippen LogP contribution in [0.5, 0.6) is 11.5 Å². The van der Waals surface area contributed by atoms with Gasteiger partial charge in [-0.2, -0.15) is 0 Å². The van der Waals surface area contributed by atoms with Gasteiger partial charge in [0.05, 0.1) is 5.56 Å². The van der Waals surface area contributed by atoms with Crippen molar-refractivity contribution in [2.75, 3.05) is 24.5 Å². The summed E-state index contributed by atoms with van der Waals surface area (Å²) < 4.78 is 48.5. The van der Waals surface area contributed by atoms with E-state index in [2.05, 4.69) is 10.6 Å². The summed E-state index contributed by atoms with van der Waals surface area (Å²) in [5, 5.41) is 6.39. The van der Waals surface area contributed by atoms with Crippen molar-refractivity contribution in [3.05, 3.63) is 77.6 Å². The zero-order chi connectivity index (χ0) is 25.4. The highest BCUT2D eigenvalue weighted by atomic mass is 32.2. The predicted octanol–water partition coefficient (Wildman–Crippen LogP) is 5.68. The molecule has 0 saturated heterocycles. The summed E-state index contributed by atoms with van der Waals surface area (Å²) in [6.45, 7) is 0. The number of amides is 1. The Kier molecular flexibility index (Phi) is 6.17. The topological polar surface area (TPSA) is 97.6 Å². The van der Waals surface area contributed by atoms with Gasteiger partial charge in [-0.1, -0.05) is 0 Å². The lowest BCUT2D eigenvalue weighted by atomic mass is 10.0. The molecule has 3 aromatic carbocycles. The molecule has 1 aromatic heterocycles. The number of halogens is 1. The highest BCUT2D eigenvalue weighted by Crippen LogP contribution is 2.46. The van der Waals surface area contributed by atoms with Crippen LogP contribution < -0.4 is 15.4 Å². The van der Waals surface area contributed by atoms with Gasteiger partial charge in [0.15, 0.2) is 9.84 Å². The van der Waals surface area contributed by atoms with Gasteiger partial charge < -0.3 is 19.8 Å². The summed E-state index contributed by atoms with van der Waals surface area (Å²) in [5.74, 6) is 0.948. The Hall–Kier alpha value is -3.85. The molecule has 0 bridgehead atoms. The molecule has 1 fully saturated rings. The van der Waals surface area contributed by atoms with E-state index < -0.39 is 9.84 Å². The smallest absolute Gasteiger partial charge is 0.255 e. The number of fused-ring (bicyclic) bond motifs is 1. The minimum absolute atomic E-state index is 0.191. The lowest BCUT2D eigenvalue weighted by Crippen LogP contribution is -2.18. The first-order valence-electron chi connectivity index (χ1n) is 11.5. The van der Waals surface area contributed by atoms with Crippen molar-refractivity contribution in [1.82, 2.24) is 5.32 Å². The highest BCUT2D eigenvalue weighted by molar-refractivity contribution is 7.90. The van der Waals surface area contributed by atoms with E-state index in [0.29, 0.717) is 51.0 Å². The number of benzene rings is 3. The molecule has 0 spiro atoms. The molecule has 0 atom stereocenters. The van der Waals surface area contributed by atoms with Gasteiger partial charge in [0.1, 0.15) is 34.5 Å². The molecular weight excluding hydrogens is 483 g/mol. The number of sulfone groups is 1. The van der Waals surface area contributed by atoms with E-state index in [1.807, 2.05) is 6.07 Å². The second-order valence-electron chi connectivity index (χ2n) is 8.92. The first kappa shape index (κ1) is 23.9. The van der Waals surface area contributed by atoms with Crippen LogP contribution in [0.2, 0.25) is 0 Å². The third-order valence-corrected chi connectivity index (χ3v) is 6.69. The van der Waals surface area contributed by atoms with E-state index in [9.17, 15) is 17.6 Å². The fourth-order valence-electron chi connectivity index (χ4n) is 4.12. The number of hydrogen-bond donors (Lipinski definition) is 2. The average Bonchev–Trinajstić information content (AvgIpc) is 3.63. The van der Waals surface area contributed by atoms with Gasteiger partial charge >= 0.3 is 0 Å². The summed E-state index contributed by atoms with van der Waals surface area (Å²) in [6, 6.07) is 16.5. The average molecular weight is 509 g/mol. The van der Waals surface area contributed by atoms with Gasteiger partial charge in [0, 0.05) is 36.0 Å². The molecule has 1 aliphatic carbocycles. The highest BCUT2D eigenvalue weighted by Gasteiger charge is 2.30. The fourth-order valence-corrected chi connectivity index (χ4v) is 4.54. The summed E-state index contributed by atoms with van der Waals surface area (Å²) in [4.78, 5) is 12.9. The van der Waals surface area contributed by atoms with Crippen LogP contribution in [0.4, 0.5) is 10.1 Å². The second-order valence-corrected chi connectivity index (χ2v) is 11.1. The van der Waals surface area contributed by atoms with E-state index in [1.165, 1.54) is 18.4 Å². The van der Waals surface area contributed by atoms with Crippen LogP contribution in [0.1, 0.15) is 34.7 Å². The first-order chi connectivity index (χ1) is 17.2. The van der Waals surface area contributed by atoms with Crippen molar-refractivity contribution in [1.29, 1.82) is 0 Å². The summed E-state index contributed by atoms with van der Waals surface area (Å²) in [5.41, 5.74) is 3.25. The second kappa shape index (κ2) is 9.31. The Labute approximate surface area is 208 Å². The Balaban J connectivity index is 1.54. The van der Waals surface area contributed by atoms with Crippen molar-refractivity contribution in [3.8, 4) is 22.8 Å². The van der Waals surface area contributed by atoms with Gasteiger partial charge in [-0.05, 0) is 78.9 Å². The quantitative estimate of drug-likeness (QED) is 0.318. The van der Waals surface area contributed by atoms with Crippen molar-refractivity contribution in [3.63, 3.8) is 0 Å². The molecule has 0 aliphatic heterocycles. The van der Waals surface area contributed by atoms with Crippen LogP contribution in [0.25, 0.3) is 22.3 Å². The van der Waals surface area contributed by atoms with Gasteiger partial charge in [0.25, 0.3) is 5.91 Å². The zero-order valence-electron chi connectivity index (χ0n) is 19.8. The van der Waals surface area contributed by atoms with Crippen molar-refractivity contribution >= 4 is 32.4 Å². The molecule has 1 saturated carbocycles. The molecule has 0 unspecified atom stereocenters. The summed E-state index contributed by atoms with van der Waals surface area (Å²) in [6.07, 6.45) is 3.19. The molecule has 36 heavy (non-hydrogen) atoms. The van der Waals surface area contributed by atoms with E-state index in [-0.39, 0.29) is 17.6 Å². The maximum absolute atomic E-state index is 13.1. The molecule has 2 N–H and O–H groups in total. The van der Waals surface area contributed by atoms with Crippen LogP contribution in [-0.4, -0.2) is 33.5 Å². The number of nitrogens with one attached hydrogen (secondary N) is 2. The SMILES string of the molecule is CNC(=O)c1c(-c2ccc(Oc3ccc(F)cc3)cc2)oc2cc(NCS(C)(=O)=O)c(C3CC3)cc12. The van der Waals surface area contributed by atoms with Gasteiger partial charge in [-0.3, -0.25) is 4.79 Å². The van der Waals surface area contributed by atoms with Crippen molar-refractivity contribution in [2.45, 2.75) is 18.8 Å². The standard InChI is InChI=1S/C27H25FN2O5S/c1-29-27(31)25-22-13-21(16-3-4-16)23(30-15-36(2,32)33)14-24(22)35-26(25)17-5-9-19(10-6-17)34-20-11-7-18(28)8-12-20/h5-14,16,30H,3-4,15H2,1-2H3,(H,29,31). The van der Waals surface area contributed by atoms with E-state index in [4.69, 9.17) is 9.15 Å². The van der Waals surface area contributed by atoms with Crippen LogP contribution in [0, 0.1) is 5.82 Å². The Morgan fingerprint density at radius 1 is 1.06 bits per heavy atom. The molecular formula is C27H25FN2O5S. The molecule has 9 heteroatoms. The Bertz CT molecular complexity index is 1540. The van der Waals surface area contributed by atoms with Crippen molar-refractivity contribution in [2.24, 2.45) is 0 Å². The Morgan fingerprint density at radius 2 is 1.69 bits per heavy atom. The van der Waals surface area contributed by atoms with Gasteiger partial charge in [0.2, 0.25) is 0 Å². The van der Waals surface area contributed by atoms with Crippen LogP contribution >= 0.6 is 0 Å². The van der Waals surface area contributed by atoms with Gasteiger partial charge in [-0.15, -0.1) is 0 Å². The van der Waals surface area contributed by atoms with Crippen LogP contribution in [0.15, 0.2) is 65.1 Å². The predicted molar refractivity (Wildman–Crippen MR) is 137 cm³/mol. The zero-order valence-corrected chi connectivity index (χ0v) is 20.6. The molecule has 186 valence electrons. The minimum atomic E-state index is -3.23. The molecule has 0 radical (unpaired) electrons. The maximum Gasteiger partial charge on any atom is 0.255 e. The maximum atomic E-state index is 13.1. The number of rotatable bonds is 8. The molecule has 1 aliphatic rings. The third-order valence-electron chi connectivity index (χ3n) is 6.02. The van der Waals surface area contributed by atoms with E-state index >= 15 is 0 Å². The normalized spacial score (nSPS) is 13.5. The van der Waals surface area contributed by atoms with E-state index in [1.54, 1.807) is 49.5 Å². The van der Waals surface area contributed by atoms with Crippen LogP contribution in [0.3, 0.4) is 0 Å². The monoisotopic (exact) mass is 508 g/mol. The summed E-state index contributed by atoms with van der Waals surface area (Å²) in [7, 11) is -1.66. The minimum Gasteiger partial charge on any atom is -0.457 e. The molecule has 5 rings (SSSR count). The summed E-state index contributed by atoms with van der Waals surface area (Å²) >= 11 is 0. The molecule has 1 amide bonds. The number of carbonyl (C=O) groups excluding carboxylic acids is 1. The molecule has 4 aromatic rings. The van der Waals surface area contributed by atoms with Crippen LogP contribution in [-0.2, 0) is 9.84 Å². The first-order valence-corrected chi connectivity index (χ1v) is 13.6. The fraction of sp³-hybridized carbons (Fsp3) is 0.222. The van der Waals surface area contributed by atoms with Crippen molar-refractivity contribution < 1.29 is 26.8 Å². The third kappa shape index (κ3) is 5.06. The number of carbonyl (C=O) groups is 1. The van der Waals surface area contributed by atoms with Gasteiger partial charge in [-0.25, -0.2) is 12.8 Å². The van der Waals surface area contributed by atoms with E-state index in [0.717, 1.165) is 18.4 Å². The molecule has 7 nitrogen and oxygen atoms in total. The number of furan rings is 1. The number of anilines is 1. The lowest BCUT2D eigenvalue weighted by molar-refractivity contribution is 0.0964. The lowest BCUT2D eigenvalue weighted by Gasteiger charge is -2.11. The molecule has 1 heterocycles. The largest absolute Gasteiger partial charge is 0.457 e. The number of hydrogen-bond acceptors (Lipinski definition) is 6. The Morgan fingerprint density at radius 3 is 2.28 bits per heavy atom. The number of ether oxygens (including phenoxy) is 1.